The van der Waals surface area contributed by atoms with Crippen molar-refractivity contribution in [1.82, 2.24) is 15.2 Å². The number of amides is 1. The lowest BCUT2D eigenvalue weighted by Gasteiger charge is -2.28. The Morgan fingerprint density at radius 1 is 1.11 bits per heavy atom. The number of para-hydroxylation sites is 1. The first-order chi connectivity index (χ1) is 13.7. The van der Waals surface area contributed by atoms with E-state index in [1.807, 2.05) is 48.5 Å². The van der Waals surface area contributed by atoms with Crippen molar-refractivity contribution in [2.24, 2.45) is 0 Å². The SMILES string of the molecule is O=C(Cc1cccc2cccnc12)NCC(c1cccc(Cl)c1)N1CCCC1. The number of pyridine rings is 1. The van der Waals surface area contributed by atoms with E-state index >= 15 is 0 Å². The van der Waals surface area contributed by atoms with Crippen LogP contribution in [0.1, 0.15) is 30.0 Å². The Balaban J connectivity index is 1.46. The fourth-order valence-corrected chi connectivity index (χ4v) is 4.18. The maximum Gasteiger partial charge on any atom is 0.224 e. The van der Waals surface area contributed by atoms with Gasteiger partial charge in [0.15, 0.2) is 0 Å². The van der Waals surface area contributed by atoms with E-state index in [1.54, 1.807) is 6.20 Å². The number of carbonyl (C=O) groups is 1. The number of likely N-dealkylation sites (tertiary alicyclic amines) is 1. The van der Waals surface area contributed by atoms with Gasteiger partial charge in [-0.1, -0.05) is 48.0 Å². The number of rotatable bonds is 6. The Morgan fingerprint density at radius 2 is 1.89 bits per heavy atom. The average molecular weight is 394 g/mol. The molecule has 1 amide bonds. The molecule has 1 aliphatic heterocycles. The number of halogens is 1. The van der Waals surface area contributed by atoms with Crippen LogP contribution in [0.3, 0.4) is 0 Å². The highest BCUT2D eigenvalue weighted by Gasteiger charge is 2.24. The fraction of sp³-hybridized carbons (Fsp3) is 0.304. The topological polar surface area (TPSA) is 45.2 Å². The molecule has 0 aliphatic carbocycles. The molecule has 0 bridgehead atoms. The van der Waals surface area contributed by atoms with Crippen molar-refractivity contribution >= 4 is 28.4 Å². The zero-order chi connectivity index (χ0) is 19.3. The van der Waals surface area contributed by atoms with Crippen LogP contribution in [0.2, 0.25) is 5.02 Å². The van der Waals surface area contributed by atoms with Crippen LogP contribution in [-0.2, 0) is 11.2 Å². The summed E-state index contributed by atoms with van der Waals surface area (Å²) in [6.07, 6.45) is 4.50. The van der Waals surface area contributed by atoms with Crippen molar-refractivity contribution in [3.8, 4) is 0 Å². The van der Waals surface area contributed by atoms with Crippen LogP contribution in [0.25, 0.3) is 10.9 Å². The number of fused-ring (bicyclic) bond motifs is 1. The summed E-state index contributed by atoms with van der Waals surface area (Å²) in [6, 6.07) is 18.0. The quantitative estimate of drug-likeness (QED) is 0.675. The summed E-state index contributed by atoms with van der Waals surface area (Å²) in [5.41, 5.74) is 3.00. The van der Waals surface area contributed by atoms with E-state index in [0.717, 1.165) is 40.1 Å². The Morgan fingerprint density at radius 3 is 2.71 bits per heavy atom. The minimum absolute atomic E-state index is 0.0179. The molecule has 4 nitrogen and oxygen atoms in total. The Bertz CT molecular complexity index is 963. The molecule has 5 heteroatoms. The van der Waals surface area contributed by atoms with Crippen LogP contribution >= 0.6 is 11.6 Å². The van der Waals surface area contributed by atoms with Crippen molar-refractivity contribution in [2.45, 2.75) is 25.3 Å². The third kappa shape index (κ3) is 4.34. The highest BCUT2D eigenvalue weighted by atomic mass is 35.5. The summed E-state index contributed by atoms with van der Waals surface area (Å²) >= 11 is 6.21. The lowest BCUT2D eigenvalue weighted by molar-refractivity contribution is -0.120. The van der Waals surface area contributed by atoms with Crippen molar-refractivity contribution in [1.29, 1.82) is 0 Å². The van der Waals surface area contributed by atoms with Crippen LogP contribution < -0.4 is 5.32 Å². The first-order valence-electron chi connectivity index (χ1n) is 9.79. The predicted molar refractivity (Wildman–Crippen MR) is 113 cm³/mol. The van der Waals surface area contributed by atoms with E-state index in [9.17, 15) is 4.79 Å². The highest BCUT2D eigenvalue weighted by Crippen LogP contribution is 2.26. The van der Waals surface area contributed by atoms with Gasteiger partial charge >= 0.3 is 0 Å². The smallest absolute Gasteiger partial charge is 0.224 e. The normalized spacial score (nSPS) is 15.6. The Labute approximate surface area is 170 Å². The van der Waals surface area contributed by atoms with Crippen molar-refractivity contribution < 1.29 is 4.79 Å². The zero-order valence-corrected chi connectivity index (χ0v) is 16.5. The molecule has 144 valence electrons. The molecule has 1 unspecified atom stereocenters. The van der Waals surface area contributed by atoms with Gasteiger partial charge in [-0.2, -0.15) is 0 Å². The minimum atomic E-state index is 0.0179. The van der Waals surface area contributed by atoms with Crippen molar-refractivity contribution in [3.05, 3.63) is 76.9 Å². The molecule has 4 rings (SSSR count). The van der Waals surface area contributed by atoms with E-state index in [4.69, 9.17) is 11.6 Å². The minimum Gasteiger partial charge on any atom is -0.354 e. The summed E-state index contributed by atoms with van der Waals surface area (Å²) in [5.74, 6) is 0.0179. The van der Waals surface area contributed by atoms with Gasteiger partial charge in [0.2, 0.25) is 5.91 Å². The molecule has 2 aromatic carbocycles. The van der Waals surface area contributed by atoms with E-state index in [1.165, 1.54) is 12.8 Å². The van der Waals surface area contributed by atoms with Crippen LogP contribution in [-0.4, -0.2) is 35.4 Å². The first kappa shape index (κ1) is 18.9. The van der Waals surface area contributed by atoms with Gasteiger partial charge < -0.3 is 5.32 Å². The van der Waals surface area contributed by atoms with Gasteiger partial charge in [0.25, 0.3) is 0 Å². The van der Waals surface area contributed by atoms with Gasteiger partial charge in [0.05, 0.1) is 18.0 Å². The van der Waals surface area contributed by atoms with Gasteiger partial charge in [-0.15, -0.1) is 0 Å². The lowest BCUT2D eigenvalue weighted by Crippen LogP contribution is -2.37. The lowest BCUT2D eigenvalue weighted by atomic mass is 10.0. The zero-order valence-electron chi connectivity index (χ0n) is 15.8. The van der Waals surface area contributed by atoms with E-state index < -0.39 is 0 Å². The molecule has 1 N–H and O–H groups in total. The number of nitrogens with zero attached hydrogens (tertiary/aromatic N) is 2. The average Bonchev–Trinajstić information content (AvgIpc) is 3.23. The fourth-order valence-electron chi connectivity index (χ4n) is 3.98. The molecule has 1 aromatic heterocycles. The van der Waals surface area contributed by atoms with Crippen LogP contribution in [0.4, 0.5) is 0 Å². The van der Waals surface area contributed by atoms with Gasteiger partial charge in [-0.25, -0.2) is 0 Å². The second-order valence-electron chi connectivity index (χ2n) is 7.29. The van der Waals surface area contributed by atoms with Gasteiger partial charge in [-0.3, -0.25) is 14.7 Å². The highest BCUT2D eigenvalue weighted by molar-refractivity contribution is 6.30. The van der Waals surface area contributed by atoms with Gasteiger partial charge in [0, 0.05) is 23.2 Å². The Hall–Kier alpha value is -2.43. The molecular weight excluding hydrogens is 370 g/mol. The maximum atomic E-state index is 12.7. The monoisotopic (exact) mass is 393 g/mol. The largest absolute Gasteiger partial charge is 0.354 e. The number of hydrogen-bond acceptors (Lipinski definition) is 3. The maximum absolute atomic E-state index is 12.7. The number of benzene rings is 2. The molecule has 1 fully saturated rings. The molecule has 1 atom stereocenters. The van der Waals surface area contributed by atoms with Crippen LogP contribution in [0.5, 0.6) is 0 Å². The first-order valence-corrected chi connectivity index (χ1v) is 10.2. The molecule has 3 aromatic rings. The van der Waals surface area contributed by atoms with Crippen molar-refractivity contribution in [3.63, 3.8) is 0 Å². The second kappa shape index (κ2) is 8.72. The number of nitrogens with one attached hydrogen (secondary N) is 1. The van der Waals surface area contributed by atoms with Gasteiger partial charge in [-0.05, 0) is 55.3 Å². The number of hydrogen-bond donors (Lipinski definition) is 1. The third-order valence-corrected chi connectivity index (χ3v) is 5.61. The molecule has 0 radical (unpaired) electrons. The summed E-state index contributed by atoms with van der Waals surface area (Å²) in [7, 11) is 0. The standard InChI is InChI=1S/C23H24ClN3O/c24-20-10-4-7-18(14-20)21(27-12-1-2-13-27)16-26-22(28)15-19-8-3-6-17-9-5-11-25-23(17)19/h3-11,14,21H,1-2,12-13,15-16H2,(H,26,28). The van der Waals surface area contributed by atoms with E-state index in [0.29, 0.717) is 13.0 Å². The van der Waals surface area contributed by atoms with Crippen LogP contribution in [0, 0.1) is 0 Å². The number of carbonyl (C=O) groups excluding carboxylic acids is 1. The van der Waals surface area contributed by atoms with E-state index in [-0.39, 0.29) is 11.9 Å². The molecule has 2 heterocycles. The van der Waals surface area contributed by atoms with Gasteiger partial charge in [0.1, 0.15) is 0 Å². The van der Waals surface area contributed by atoms with Crippen molar-refractivity contribution in [2.75, 3.05) is 19.6 Å². The summed E-state index contributed by atoms with van der Waals surface area (Å²) in [6.45, 7) is 2.69. The van der Waals surface area contributed by atoms with E-state index in [2.05, 4.69) is 21.3 Å². The Kier molecular flexibility index (Phi) is 5.89. The van der Waals surface area contributed by atoms with Crippen LogP contribution in [0.15, 0.2) is 60.8 Å². The third-order valence-electron chi connectivity index (χ3n) is 5.37. The summed E-state index contributed by atoms with van der Waals surface area (Å²) in [5, 5.41) is 4.93. The molecule has 1 aliphatic rings. The molecule has 0 spiro atoms. The number of aromatic nitrogens is 1. The molecule has 0 saturated carbocycles. The molecule has 1 saturated heterocycles. The predicted octanol–water partition coefficient (Wildman–Crippen LogP) is 4.38. The molecular formula is C23H24ClN3O. The summed E-state index contributed by atoms with van der Waals surface area (Å²) in [4.78, 5) is 19.6. The molecule has 28 heavy (non-hydrogen) atoms. The summed E-state index contributed by atoms with van der Waals surface area (Å²) < 4.78 is 0. The second-order valence-corrected chi connectivity index (χ2v) is 7.72.